The summed E-state index contributed by atoms with van der Waals surface area (Å²) >= 11 is 6.19. The van der Waals surface area contributed by atoms with Crippen LogP contribution in [0.3, 0.4) is 0 Å². The van der Waals surface area contributed by atoms with E-state index in [2.05, 4.69) is 4.98 Å². The molecule has 0 bridgehead atoms. The normalized spacial score (nSPS) is 15.0. The molecule has 0 unspecified atom stereocenters. The zero-order valence-electron chi connectivity index (χ0n) is 13.1. The first-order valence-corrected chi connectivity index (χ1v) is 8.35. The van der Waals surface area contributed by atoms with Crippen LogP contribution in [0, 0.1) is 0 Å². The smallest absolute Gasteiger partial charge is 0.271 e. The lowest BCUT2D eigenvalue weighted by Gasteiger charge is -2.26. The Bertz CT molecular complexity index is 883. The van der Waals surface area contributed by atoms with Crippen LogP contribution in [-0.2, 0) is 4.74 Å². The van der Waals surface area contributed by atoms with Crippen LogP contribution in [0.1, 0.15) is 10.5 Å². The highest BCUT2D eigenvalue weighted by Gasteiger charge is 2.25. The van der Waals surface area contributed by atoms with E-state index in [1.165, 1.54) is 0 Å². The molecule has 122 valence electrons. The number of aromatic nitrogens is 1. The number of hydrogen-bond donors (Lipinski definition) is 1. The van der Waals surface area contributed by atoms with Gasteiger partial charge in [0.25, 0.3) is 5.91 Å². The van der Waals surface area contributed by atoms with Gasteiger partial charge in [-0.15, -0.1) is 0 Å². The van der Waals surface area contributed by atoms with E-state index < -0.39 is 0 Å². The Morgan fingerprint density at radius 2 is 1.83 bits per heavy atom. The van der Waals surface area contributed by atoms with Crippen LogP contribution in [0.25, 0.3) is 22.0 Å². The number of fused-ring (bicyclic) bond motifs is 1. The molecule has 4 nitrogen and oxygen atoms in total. The number of rotatable bonds is 2. The summed E-state index contributed by atoms with van der Waals surface area (Å²) in [6, 6.07) is 15.6. The molecule has 0 atom stereocenters. The highest BCUT2D eigenvalue weighted by Crippen LogP contribution is 2.34. The van der Waals surface area contributed by atoms with E-state index >= 15 is 0 Å². The second-order valence-electron chi connectivity index (χ2n) is 5.84. The third kappa shape index (κ3) is 2.68. The molecule has 2 heterocycles. The van der Waals surface area contributed by atoms with Crippen molar-refractivity contribution in [1.82, 2.24) is 9.88 Å². The molecule has 0 saturated carbocycles. The Labute approximate surface area is 145 Å². The Kier molecular flexibility index (Phi) is 4.00. The number of hydrogen-bond acceptors (Lipinski definition) is 2. The third-order valence-electron chi connectivity index (χ3n) is 4.34. The van der Waals surface area contributed by atoms with Crippen LogP contribution in [-0.4, -0.2) is 42.1 Å². The number of morpholine rings is 1. The van der Waals surface area contributed by atoms with Gasteiger partial charge in [-0.25, -0.2) is 0 Å². The van der Waals surface area contributed by atoms with Gasteiger partial charge < -0.3 is 14.6 Å². The molecule has 4 rings (SSSR count). The van der Waals surface area contributed by atoms with E-state index in [9.17, 15) is 4.79 Å². The molecule has 1 aromatic heterocycles. The fourth-order valence-corrected chi connectivity index (χ4v) is 3.33. The molecule has 1 N–H and O–H groups in total. The van der Waals surface area contributed by atoms with Crippen LogP contribution < -0.4 is 0 Å². The van der Waals surface area contributed by atoms with Crippen molar-refractivity contribution in [1.29, 1.82) is 0 Å². The number of carbonyl (C=O) groups is 1. The lowest BCUT2D eigenvalue weighted by Crippen LogP contribution is -2.41. The molecule has 24 heavy (non-hydrogen) atoms. The molecule has 5 heteroatoms. The van der Waals surface area contributed by atoms with Gasteiger partial charge in [0, 0.05) is 34.6 Å². The summed E-state index contributed by atoms with van der Waals surface area (Å²) < 4.78 is 5.35. The van der Waals surface area contributed by atoms with Crippen molar-refractivity contribution in [2.24, 2.45) is 0 Å². The zero-order chi connectivity index (χ0) is 16.5. The quantitative estimate of drug-likeness (QED) is 0.767. The van der Waals surface area contributed by atoms with Crippen molar-refractivity contribution in [3.8, 4) is 11.1 Å². The van der Waals surface area contributed by atoms with Crippen molar-refractivity contribution in [3.05, 3.63) is 59.2 Å². The minimum atomic E-state index is 0.00414. The molecule has 2 aromatic carbocycles. The van der Waals surface area contributed by atoms with E-state index in [1.807, 2.05) is 53.4 Å². The molecule has 0 radical (unpaired) electrons. The number of amides is 1. The molecule has 1 saturated heterocycles. The minimum Gasteiger partial charge on any atom is -0.378 e. The molecular formula is C19H17ClN2O2. The van der Waals surface area contributed by atoms with Gasteiger partial charge in [-0.3, -0.25) is 4.79 Å². The van der Waals surface area contributed by atoms with Crippen molar-refractivity contribution in [2.45, 2.75) is 0 Å². The van der Waals surface area contributed by atoms with Gasteiger partial charge in [0.05, 0.1) is 13.2 Å². The number of carbonyl (C=O) groups excluding carboxylic acids is 1. The van der Waals surface area contributed by atoms with Crippen LogP contribution in [0.4, 0.5) is 0 Å². The van der Waals surface area contributed by atoms with Gasteiger partial charge in [-0.05, 0) is 23.8 Å². The molecule has 1 aliphatic rings. The molecule has 3 aromatic rings. The van der Waals surface area contributed by atoms with Crippen LogP contribution in [0.15, 0.2) is 48.5 Å². The summed E-state index contributed by atoms with van der Waals surface area (Å²) in [7, 11) is 0. The van der Waals surface area contributed by atoms with E-state index in [4.69, 9.17) is 16.3 Å². The minimum absolute atomic E-state index is 0.00414. The standard InChI is InChI=1S/C19H17ClN2O2/c20-14-6-7-16-15(12-14)17(13-4-2-1-3-5-13)18(21-16)19(23)22-8-10-24-11-9-22/h1-7,12,21H,8-11H2. The monoisotopic (exact) mass is 340 g/mol. The highest BCUT2D eigenvalue weighted by atomic mass is 35.5. The van der Waals surface area contributed by atoms with E-state index in [0.717, 1.165) is 22.0 Å². The summed E-state index contributed by atoms with van der Waals surface area (Å²) in [5.74, 6) is 0.00414. The van der Waals surface area contributed by atoms with E-state index in [0.29, 0.717) is 37.0 Å². The summed E-state index contributed by atoms with van der Waals surface area (Å²) in [6.07, 6.45) is 0. The van der Waals surface area contributed by atoms with Crippen molar-refractivity contribution < 1.29 is 9.53 Å². The number of nitrogens with zero attached hydrogens (tertiary/aromatic N) is 1. The van der Waals surface area contributed by atoms with Crippen LogP contribution in [0.2, 0.25) is 5.02 Å². The van der Waals surface area contributed by atoms with Gasteiger partial charge in [0.15, 0.2) is 0 Å². The number of aromatic amines is 1. The van der Waals surface area contributed by atoms with Crippen molar-refractivity contribution in [3.63, 3.8) is 0 Å². The topological polar surface area (TPSA) is 45.3 Å². The summed E-state index contributed by atoms with van der Waals surface area (Å²) in [4.78, 5) is 18.2. The highest BCUT2D eigenvalue weighted by molar-refractivity contribution is 6.31. The number of nitrogens with one attached hydrogen (secondary N) is 1. The van der Waals surface area contributed by atoms with Crippen LogP contribution >= 0.6 is 11.6 Å². The van der Waals surface area contributed by atoms with Gasteiger partial charge in [0.1, 0.15) is 5.69 Å². The largest absolute Gasteiger partial charge is 0.378 e. The lowest BCUT2D eigenvalue weighted by atomic mass is 10.0. The summed E-state index contributed by atoms with van der Waals surface area (Å²) in [5.41, 5.74) is 3.43. The fraction of sp³-hybridized carbons (Fsp3) is 0.211. The average Bonchev–Trinajstić information content (AvgIpc) is 3.01. The maximum atomic E-state index is 13.1. The lowest BCUT2D eigenvalue weighted by molar-refractivity contribution is 0.0300. The van der Waals surface area contributed by atoms with Crippen molar-refractivity contribution in [2.75, 3.05) is 26.3 Å². The summed E-state index contributed by atoms with van der Waals surface area (Å²) in [5, 5.41) is 1.62. The Balaban J connectivity index is 1.89. The van der Waals surface area contributed by atoms with Gasteiger partial charge in [0.2, 0.25) is 0 Å². The molecule has 1 aliphatic heterocycles. The van der Waals surface area contributed by atoms with Gasteiger partial charge in [-0.1, -0.05) is 41.9 Å². The number of ether oxygens (including phenoxy) is 1. The van der Waals surface area contributed by atoms with Crippen molar-refractivity contribution >= 4 is 28.4 Å². The SMILES string of the molecule is O=C(c1[nH]c2ccc(Cl)cc2c1-c1ccccc1)N1CCOCC1. The fourth-order valence-electron chi connectivity index (χ4n) is 3.15. The average molecular weight is 341 g/mol. The number of benzene rings is 2. The molecule has 1 amide bonds. The predicted octanol–water partition coefficient (Wildman–Crippen LogP) is 3.96. The Hall–Kier alpha value is -2.30. The third-order valence-corrected chi connectivity index (χ3v) is 4.57. The summed E-state index contributed by atoms with van der Waals surface area (Å²) in [6.45, 7) is 2.39. The number of halogens is 1. The zero-order valence-corrected chi connectivity index (χ0v) is 13.8. The maximum Gasteiger partial charge on any atom is 0.271 e. The Morgan fingerprint density at radius 1 is 1.08 bits per heavy atom. The van der Waals surface area contributed by atoms with E-state index in [1.54, 1.807) is 0 Å². The first-order valence-electron chi connectivity index (χ1n) is 7.98. The van der Waals surface area contributed by atoms with Gasteiger partial charge in [-0.2, -0.15) is 0 Å². The first-order chi connectivity index (χ1) is 11.7. The molecule has 1 fully saturated rings. The molecule has 0 aliphatic carbocycles. The first kappa shape index (κ1) is 15.2. The van der Waals surface area contributed by atoms with E-state index in [-0.39, 0.29) is 5.91 Å². The second-order valence-corrected chi connectivity index (χ2v) is 6.27. The maximum absolute atomic E-state index is 13.1. The second kappa shape index (κ2) is 6.30. The van der Waals surface area contributed by atoms with Crippen LogP contribution in [0.5, 0.6) is 0 Å². The molecular weight excluding hydrogens is 324 g/mol. The number of H-pyrrole nitrogens is 1. The van der Waals surface area contributed by atoms with Gasteiger partial charge >= 0.3 is 0 Å². The molecule has 0 spiro atoms. The predicted molar refractivity (Wildman–Crippen MR) is 95.5 cm³/mol. The Morgan fingerprint density at radius 3 is 2.58 bits per heavy atom.